The molecule has 1 amide bonds. The van der Waals surface area contributed by atoms with Crippen molar-refractivity contribution < 1.29 is 9.53 Å². The van der Waals surface area contributed by atoms with Crippen molar-refractivity contribution in [3.63, 3.8) is 0 Å². The molecular weight excluding hydrogens is 288 g/mol. The van der Waals surface area contributed by atoms with Gasteiger partial charge in [0.05, 0.1) is 0 Å². The van der Waals surface area contributed by atoms with E-state index in [0.717, 1.165) is 31.1 Å². The van der Waals surface area contributed by atoms with Crippen LogP contribution in [0.2, 0.25) is 5.02 Å². The highest BCUT2D eigenvalue weighted by Crippen LogP contribution is 2.16. The number of likely N-dealkylation sites (tertiary alicyclic amines) is 1. The predicted molar refractivity (Wildman–Crippen MR) is 84.5 cm³/mol. The molecule has 2 rings (SSSR count). The van der Waals surface area contributed by atoms with E-state index in [1.807, 2.05) is 45.0 Å². The average molecular weight is 311 g/mol. The molecule has 116 valence electrons. The number of carbonyl (C=O) groups excluding carboxylic acids is 1. The van der Waals surface area contributed by atoms with Gasteiger partial charge in [0.2, 0.25) is 0 Å². The van der Waals surface area contributed by atoms with Gasteiger partial charge in [-0.05, 0) is 44.9 Å². The van der Waals surface area contributed by atoms with E-state index >= 15 is 0 Å². The summed E-state index contributed by atoms with van der Waals surface area (Å²) in [6.45, 7) is 8.31. The molecule has 0 aliphatic carbocycles. The Morgan fingerprint density at radius 3 is 2.67 bits per heavy atom. The molecule has 1 heterocycles. The lowest BCUT2D eigenvalue weighted by Crippen LogP contribution is -2.40. The summed E-state index contributed by atoms with van der Waals surface area (Å²) in [5, 5.41) is 3.69. The second-order valence-corrected chi connectivity index (χ2v) is 6.93. The lowest BCUT2D eigenvalue weighted by Gasteiger charge is -2.22. The van der Waals surface area contributed by atoms with E-state index in [2.05, 4.69) is 10.2 Å². The summed E-state index contributed by atoms with van der Waals surface area (Å²) in [5.41, 5.74) is 0.781. The Hall–Kier alpha value is -1.26. The number of halogens is 1. The Morgan fingerprint density at radius 1 is 1.38 bits per heavy atom. The Morgan fingerprint density at radius 2 is 2.05 bits per heavy atom. The van der Waals surface area contributed by atoms with Gasteiger partial charge in [-0.3, -0.25) is 4.90 Å². The summed E-state index contributed by atoms with van der Waals surface area (Å²) in [6.07, 6.45) is 0.619. The first-order valence-electron chi connectivity index (χ1n) is 7.28. The minimum atomic E-state index is -0.453. The van der Waals surface area contributed by atoms with Gasteiger partial charge in [-0.2, -0.15) is 0 Å². The van der Waals surface area contributed by atoms with E-state index in [4.69, 9.17) is 16.3 Å². The molecule has 4 nitrogen and oxygen atoms in total. The molecule has 1 unspecified atom stereocenters. The third-order valence-electron chi connectivity index (χ3n) is 3.31. The van der Waals surface area contributed by atoms with Crippen molar-refractivity contribution in [2.24, 2.45) is 0 Å². The molecule has 1 aliphatic heterocycles. The monoisotopic (exact) mass is 310 g/mol. The van der Waals surface area contributed by atoms with E-state index in [-0.39, 0.29) is 12.1 Å². The second-order valence-electron chi connectivity index (χ2n) is 6.49. The van der Waals surface area contributed by atoms with Crippen molar-refractivity contribution in [1.29, 1.82) is 0 Å². The Balaban J connectivity index is 1.78. The van der Waals surface area contributed by atoms with Crippen molar-refractivity contribution in [3.8, 4) is 0 Å². The van der Waals surface area contributed by atoms with E-state index < -0.39 is 5.60 Å². The zero-order chi connectivity index (χ0) is 15.5. The molecule has 1 fully saturated rings. The van der Waals surface area contributed by atoms with Crippen LogP contribution in [0.1, 0.15) is 32.8 Å². The zero-order valence-electron chi connectivity index (χ0n) is 12.9. The van der Waals surface area contributed by atoms with Gasteiger partial charge >= 0.3 is 6.09 Å². The maximum absolute atomic E-state index is 11.8. The van der Waals surface area contributed by atoms with Gasteiger partial charge in [0.25, 0.3) is 0 Å². The third kappa shape index (κ3) is 5.56. The maximum Gasteiger partial charge on any atom is 0.407 e. The van der Waals surface area contributed by atoms with Gasteiger partial charge in [-0.1, -0.05) is 23.7 Å². The van der Waals surface area contributed by atoms with Crippen molar-refractivity contribution in [2.75, 3.05) is 13.1 Å². The highest BCUT2D eigenvalue weighted by molar-refractivity contribution is 6.30. The summed E-state index contributed by atoms with van der Waals surface area (Å²) >= 11 is 5.89. The van der Waals surface area contributed by atoms with Crippen LogP contribution in [0.3, 0.4) is 0 Å². The van der Waals surface area contributed by atoms with Crippen molar-refractivity contribution in [3.05, 3.63) is 34.9 Å². The number of alkyl carbamates (subject to hydrolysis) is 1. The molecule has 1 saturated heterocycles. The van der Waals surface area contributed by atoms with Gasteiger partial charge in [0, 0.05) is 30.7 Å². The first kappa shape index (κ1) is 16.1. The summed E-state index contributed by atoms with van der Waals surface area (Å²) in [7, 11) is 0. The molecule has 0 radical (unpaired) electrons. The Kier molecular flexibility index (Phi) is 5.12. The largest absolute Gasteiger partial charge is 0.444 e. The SMILES string of the molecule is CC(C)(C)OC(=O)NC1CCN(Cc2ccc(Cl)cc2)C1. The minimum Gasteiger partial charge on any atom is -0.444 e. The molecule has 1 aliphatic rings. The Bertz CT molecular complexity index is 482. The molecule has 0 spiro atoms. The van der Waals surface area contributed by atoms with Crippen LogP contribution < -0.4 is 5.32 Å². The fourth-order valence-corrected chi connectivity index (χ4v) is 2.54. The molecular formula is C16H23ClN2O2. The molecule has 1 aromatic carbocycles. The van der Waals surface area contributed by atoms with Crippen LogP contribution in [0.25, 0.3) is 0 Å². The van der Waals surface area contributed by atoms with Gasteiger partial charge in [-0.15, -0.1) is 0 Å². The van der Waals surface area contributed by atoms with Crippen molar-refractivity contribution in [2.45, 2.75) is 45.4 Å². The van der Waals surface area contributed by atoms with Crippen LogP contribution in [0.5, 0.6) is 0 Å². The molecule has 1 N–H and O–H groups in total. The lowest BCUT2D eigenvalue weighted by atomic mass is 10.2. The number of carbonyl (C=O) groups is 1. The van der Waals surface area contributed by atoms with Crippen LogP contribution in [0, 0.1) is 0 Å². The normalized spacial score (nSPS) is 19.5. The molecule has 0 aromatic heterocycles. The Labute approximate surface area is 131 Å². The van der Waals surface area contributed by atoms with E-state index in [0.29, 0.717) is 0 Å². The van der Waals surface area contributed by atoms with Gasteiger partial charge in [0.15, 0.2) is 0 Å². The number of ether oxygens (including phenoxy) is 1. The van der Waals surface area contributed by atoms with Gasteiger partial charge < -0.3 is 10.1 Å². The highest BCUT2D eigenvalue weighted by atomic mass is 35.5. The smallest absolute Gasteiger partial charge is 0.407 e. The number of hydrogen-bond acceptors (Lipinski definition) is 3. The fraction of sp³-hybridized carbons (Fsp3) is 0.562. The van der Waals surface area contributed by atoms with Gasteiger partial charge in [0.1, 0.15) is 5.60 Å². The topological polar surface area (TPSA) is 41.6 Å². The minimum absolute atomic E-state index is 0.159. The second kappa shape index (κ2) is 6.67. The summed E-state index contributed by atoms with van der Waals surface area (Å²) < 4.78 is 5.28. The van der Waals surface area contributed by atoms with Gasteiger partial charge in [-0.25, -0.2) is 4.79 Å². The van der Waals surface area contributed by atoms with Crippen LogP contribution in [-0.4, -0.2) is 35.7 Å². The molecule has 21 heavy (non-hydrogen) atoms. The van der Waals surface area contributed by atoms with Crippen molar-refractivity contribution in [1.82, 2.24) is 10.2 Å². The van der Waals surface area contributed by atoms with Crippen LogP contribution in [-0.2, 0) is 11.3 Å². The molecule has 0 bridgehead atoms. The van der Waals surface area contributed by atoms with E-state index in [1.54, 1.807) is 0 Å². The number of hydrogen-bond donors (Lipinski definition) is 1. The molecule has 1 atom stereocenters. The van der Waals surface area contributed by atoms with Crippen LogP contribution in [0.4, 0.5) is 4.79 Å². The average Bonchev–Trinajstić information content (AvgIpc) is 2.77. The molecule has 1 aromatic rings. The predicted octanol–water partition coefficient (Wildman–Crippen LogP) is 3.44. The highest BCUT2D eigenvalue weighted by Gasteiger charge is 2.25. The number of nitrogens with one attached hydrogen (secondary N) is 1. The summed E-state index contributed by atoms with van der Waals surface area (Å²) in [6, 6.07) is 8.05. The number of nitrogens with zero attached hydrogens (tertiary/aromatic N) is 1. The number of benzene rings is 1. The van der Waals surface area contributed by atoms with Crippen molar-refractivity contribution >= 4 is 17.7 Å². The third-order valence-corrected chi connectivity index (χ3v) is 3.56. The van der Waals surface area contributed by atoms with Crippen LogP contribution in [0.15, 0.2) is 24.3 Å². The van der Waals surface area contributed by atoms with Crippen LogP contribution >= 0.6 is 11.6 Å². The lowest BCUT2D eigenvalue weighted by molar-refractivity contribution is 0.0506. The van der Waals surface area contributed by atoms with E-state index in [9.17, 15) is 4.79 Å². The molecule has 0 saturated carbocycles. The first-order chi connectivity index (χ1) is 9.82. The zero-order valence-corrected chi connectivity index (χ0v) is 13.6. The maximum atomic E-state index is 11.8. The first-order valence-corrected chi connectivity index (χ1v) is 7.66. The summed E-state index contributed by atoms with van der Waals surface area (Å²) in [4.78, 5) is 14.1. The quantitative estimate of drug-likeness (QED) is 0.930. The molecule has 5 heteroatoms. The fourth-order valence-electron chi connectivity index (χ4n) is 2.42. The number of rotatable bonds is 3. The van der Waals surface area contributed by atoms with E-state index in [1.165, 1.54) is 5.56 Å². The summed E-state index contributed by atoms with van der Waals surface area (Å²) in [5.74, 6) is 0. The number of amides is 1. The standard InChI is InChI=1S/C16H23ClN2O2/c1-16(2,3)21-15(20)18-14-8-9-19(11-14)10-12-4-6-13(17)7-5-12/h4-7,14H,8-11H2,1-3H3,(H,18,20).